The number of carbonyl (C=O) groups is 2. The first-order valence-corrected chi connectivity index (χ1v) is 8.46. The van der Waals surface area contributed by atoms with E-state index in [0.717, 1.165) is 25.7 Å². The van der Waals surface area contributed by atoms with Crippen LogP contribution in [0.1, 0.15) is 46.4 Å². The number of ketones is 2. The fourth-order valence-corrected chi connectivity index (χ4v) is 4.56. The molecule has 0 N–H and O–H groups in total. The van der Waals surface area contributed by atoms with Crippen molar-refractivity contribution in [3.63, 3.8) is 0 Å². The summed E-state index contributed by atoms with van der Waals surface area (Å²) in [7, 11) is 0. The lowest BCUT2D eigenvalue weighted by Gasteiger charge is -2.16. The maximum absolute atomic E-state index is 13.3. The Bertz CT molecular complexity index is 667. The predicted octanol–water partition coefficient (Wildman–Crippen LogP) is 4.56. The predicted molar refractivity (Wildman–Crippen MR) is 89.4 cm³/mol. The molecule has 0 aliphatic heterocycles. The van der Waals surface area contributed by atoms with Gasteiger partial charge in [-0.2, -0.15) is 0 Å². The minimum atomic E-state index is -0.806. The first-order chi connectivity index (χ1) is 11.3. The van der Waals surface area contributed by atoms with Gasteiger partial charge in [0.05, 0.1) is 0 Å². The van der Waals surface area contributed by atoms with Gasteiger partial charge in [-0.05, 0) is 24.7 Å². The van der Waals surface area contributed by atoms with Crippen molar-refractivity contribution < 1.29 is 9.59 Å². The molecular weight excluding hydrogens is 284 g/mol. The van der Waals surface area contributed by atoms with Crippen LogP contribution in [-0.2, 0) is 0 Å². The molecule has 2 aromatic rings. The molecule has 0 amide bonds. The Morgan fingerprint density at radius 2 is 1.09 bits per heavy atom. The van der Waals surface area contributed by atoms with Crippen LogP contribution < -0.4 is 0 Å². The van der Waals surface area contributed by atoms with E-state index in [4.69, 9.17) is 0 Å². The van der Waals surface area contributed by atoms with Gasteiger partial charge in [0.2, 0.25) is 0 Å². The highest BCUT2D eigenvalue weighted by Crippen LogP contribution is 2.67. The Hall–Kier alpha value is -2.22. The molecule has 4 rings (SSSR count). The highest BCUT2D eigenvalue weighted by atomic mass is 16.2. The highest BCUT2D eigenvalue weighted by Gasteiger charge is 2.72. The third kappa shape index (κ3) is 2.08. The van der Waals surface area contributed by atoms with Crippen molar-refractivity contribution in [2.45, 2.75) is 25.7 Å². The van der Waals surface area contributed by atoms with Crippen molar-refractivity contribution >= 4 is 11.6 Å². The molecule has 0 spiro atoms. The Morgan fingerprint density at radius 3 is 1.48 bits per heavy atom. The summed E-state index contributed by atoms with van der Waals surface area (Å²) in [6.45, 7) is 0. The van der Waals surface area contributed by atoms with Crippen LogP contribution in [0.5, 0.6) is 0 Å². The Balaban J connectivity index is 1.78. The van der Waals surface area contributed by atoms with Gasteiger partial charge in [-0.1, -0.05) is 73.5 Å². The van der Waals surface area contributed by atoms with Gasteiger partial charge in [0.25, 0.3) is 0 Å². The summed E-state index contributed by atoms with van der Waals surface area (Å²) in [5, 5.41) is 0. The Morgan fingerprint density at radius 1 is 0.696 bits per heavy atom. The molecule has 2 nitrogen and oxygen atoms in total. The van der Waals surface area contributed by atoms with E-state index in [0.29, 0.717) is 11.1 Å². The van der Waals surface area contributed by atoms with Crippen LogP contribution in [0.4, 0.5) is 0 Å². The van der Waals surface area contributed by atoms with E-state index in [1.54, 1.807) is 0 Å². The minimum Gasteiger partial charge on any atom is -0.293 e. The van der Waals surface area contributed by atoms with Crippen molar-refractivity contribution in [2.75, 3.05) is 0 Å². The highest BCUT2D eigenvalue weighted by molar-refractivity contribution is 6.22. The summed E-state index contributed by atoms with van der Waals surface area (Å²) in [6.07, 6.45) is 4.27. The molecule has 0 heterocycles. The second-order valence-corrected chi connectivity index (χ2v) is 6.76. The molecule has 2 fully saturated rings. The number of rotatable bonds is 4. The lowest BCUT2D eigenvalue weighted by Crippen LogP contribution is -2.30. The van der Waals surface area contributed by atoms with E-state index in [9.17, 15) is 9.59 Å². The molecule has 23 heavy (non-hydrogen) atoms. The summed E-state index contributed by atoms with van der Waals surface area (Å²) in [4.78, 5) is 26.6. The quantitative estimate of drug-likeness (QED) is 0.613. The average Bonchev–Trinajstić information content (AvgIpc) is 3.32. The van der Waals surface area contributed by atoms with Crippen LogP contribution in [0.3, 0.4) is 0 Å². The maximum Gasteiger partial charge on any atom is 0.177 e. The van der Waals surface area contributed by atoms with Gasteiger partial charge in [-0.25, -0.2) is 0 Å². The zero-order valence-corrected chi connectivity index (χ0v) is 13.1. The van der Waals surface area contributed by atoms with E-state index in [-0.39, 0.29) is 23.4 Å². The molecule has 0 bridgehead atoms. The van der Waals surface area contributed by atoms with Gasteiger partial charge in [-0.15, -0.1) is 0 Å². The van der Waals surface area contributed by atoms with Gasteiger partial charge < -0.3 is 0 Å². The summed E-state index contributed by atoms with van der Waals surface area (Å²) >= 11 is 0. The van der Waals surface area contributed by atoms with E-state index in [1.165, 1.54) is 0 Å². The lowest BCUT2D eigenvalue weighted by molar-refractivity contribution is 0.0754. The van der Waals surface area contributed by atoms with Crippen molar-refractivity contribution in [1.82, 2.24) is 0 Å². The third-order valence-corrected chi connectivity index (χ3v) is 5.65. The largest absolute Gasteiger partial charge is 0.293 e. The van der Waals surface area contributed by atoms with Gasteiger partial charge >= 0.3 is 0 Å². The number of hydrogen-bond donors (Lipinski definition) is 0. The fourth-order valence-electron chi connectivity index (χ4n) is 4.56. The van der Waals surface area contributed by atoms with Crippen LogP contribution in [0.25, 0.3) is 0 Å². The second-order valence-electron chi connectivity index (χ2n) is 6.76. The number of hydrogen-bond acceptors (Lipinski definition) is 2. The summed E-state index contributed by atoms with van der Waals surface area (Å²) in [5.41, 5.74) is 0.538. The van der Waals surface area contributed by atoms with Crippen LogP contribution in [0.2, 0.25) is 0 Å². The first-order valence-electron chi connectivity index (χ1n) is 8.46. The molecule has 2 atom stereocenters. The Labute approximate surface area is 136 Å². The summed E-state index contributed by atoms with van der Waals surface area (Å²) in [5.74, 6) is 0.529. The van der Waals surface area contributed by atoms with Crippen molar-refractivity contribution in [2.24, 2.45) is 17.3 Å². The van der Waals surface area contributed by atoms with Gasteiger partial charge in [0, 0.05) is 11.1 Å². The number of fused-ring (bicyclic) bond motifs is 1. The Kier molecular flexibility index (Phi) is 3.41. The van der Waals surface area contributed by atoms with Crippen LogP contribution in [0, 0.1) is 17.3 Å². The standard InChI is InChI=1S/C21H20O2/c22-19(15-9-3-1-4-10-15)21(17-13-7-8-14-18(17)21)20(23)16-11-5-2-6-12-16/h1-6,9-12,17-18H,7-8,13-14H2/t17-,18-/m0/s1. The van der Waals surface area contributed by atoms with E-state index in [2.05, 4.69) is 0 Å². The smallest absolute Gasteiger partial charge is 0.177 e. The lowest BCUT2D eigenvalue weighted by atomic mass is 9.83. The van der Waals surface area contributed by atoms with E-state index in [1.807, 2.05) is 60.7 Å². The van der Waals surface area contributed by atoms with Crippen molar-refractivity contribution in [3.8, 4) is 0 Å². The molecule has 0 radical (unpaired) electrons. The minimum absolute atomic E-state index is 0.0313. The first kappa shape index (κ1) is 14.4. The maximum atomic E-state index is 13.3. The fraction of sp³-hybridized carbons (Fsp3) is 0.333. The zero-order chi connectivity index (χ0) is 15.9. The normalized spacial score (nSPS) is 24.5. The van der Waals surface area contributed by atoms with Crippen LogP contribution >= 0.6 is 0 Å². The molecule has 2 heteroatoms. The van der Waals surface area contributed by atoms with Gasteiger partial charge in [-0.3, -0.25) is 9.59 Å². The third-order valence-electron chi connectivity index (χ3n) is 5.65. The molecule has 116 valence electrons. The number of Topliss-reactive ketones (excluding diaryl/α,β-unsaturated/α-hetero) is 2. The second kappa shape index (κ2) is 5.45. The van der Waals surface area contributed by atoms with Crippen molar-refractivity contribution in [3.05, 3.63) is 71.8 Å². The summed E-state index contributed by atoms with van der Waals surface area (Å²) < 4.78 is 0. The molecule has 2 saturated carbocycles. The topological polar surface area (TPSA) is 34.1 Å². The molecule has 2 aromatic carbocycles. The monoisotopic (exact) mass is 304 g/mol. The summed E-state index contributed by atoms with van der Waals surface area (Å²) in [6, 6.07) is 18.7. The van der Waals surface area contributed by atoms with E-state index < -0.39 is 5.41 Å². The SMILES string of the molecule is O=C(c1ccccc1)C1(C(=O)c2ccccc2)[C@H]2CCCC[C@@H]21. The van der Waals surface area contributed by atoms with Crippen molar-refractivity contribution in [1.29, 1.82) is 0 Å². The van der Waals surface area contributed by atoms with E-state index >= 15 is 0 Å². The molecule has 0 aromatic heterocycles. The number of carbonyl (C=O) groups excluding carboxylic acids is 2. The number of benzene rings is 2. The zero-order valence-electron chi connectivity index (χ0n) is 13.1. The molecule has 0 unspecified atom stereocenters. The van der Waals surface area contributed by atoms with Gasteiger partial charge in [0.1, 0.15) is 5.41 Å². The van der Waals surface area contributed by atoms with Crippen LogP contribution in [-0.4, -0.2) is 11.6 Å². The molecule has 2 aliphatic rings. The molecule has 0 saturated heterocycles. The average molecular weight is 304 g/mol. The molecular formula is C21H20O2. The molecule has 2 aliphatic carbocycles. The van der Waals surface area contributed by atoms with Crippen LogP contribution in [0.15, 0.2) is 60.7 Å². The van der Waals surface area contributed by atoms with Gasteiger partial charge in [0.15, 0.2) is 11.6 Å².